The zero-order valence-corrected chi connectivity index (χ0v) is 6.06. The number of hydrogen-bond acceptors (Lipinski definition) is 4. The molecule has 0 heterocycles. The molecule has 0 amide bonds. The fourth-order valence-corrected chi connectivity index (χ4v) is 0. The summed E-state index contributed by atoms with van der Waals surface area (Å²) in [5.74, 6) is 0. The molecule has 0 aliphatic heterocycles. The molecule has 0 saturated heterocycles. The number of hydrogen-bond donors (Lipinski definition) is 4. The summed E-state index contributed by atoms with van der Waals surface area (Å²) in [5, 5.41) is 0. The molecule has 0 aliphatic carbocycles. The van der Waals surface area contributed by atoms with Crippen molar-refractivity contribution in [1.82, 2.24) is 0 Å². The van der Waals surface area contributed by atoms with Gasteiger partial charge in [-0.3, -0.25) is 0 Å². The molecule has 4 N–H and O–H groups in total. The van der Waals surface area contributed by atoms with E-state index in [1.807, 2.05) is 0 Å². The zero-order chi connectivity index (χ0) is 6.15. The van der Waals surface area contributed by atoms with Gasteiger partial charge in [0.1, 0.15) is 0 Å². The van der Waals surface area contributed by atoms with E-state index in [0.717, 1.165) is 0 Å². The summed E-state index contributed by atoms with van der Waals surface area (Å²) in [4.78, 5) is 32.4. The topological polar surface area (TPSA) is 80.9 Å². The molecule has 0 aromatic heterocycles. The molecule has 0 atom stereocenters. The molecule has 0 saturated carbocycles. The quantitative estimate of drug-likeness (QED) is 0.398. The van der Waals surface area contributed by atoms with Crippen LogP contribution in [0.4, 0.5) is 0 Å². The second-order valence-electron chi connectivity index (χ2n) is 1.42. The van der Waals surface area contributed by atoms with Crippen molar-refractivity contribution in [2.24, 2.45) is 0 Å². The molecular formula is C2H10ClO4P. The van der Waals surface area contributed by atoms with Gasteiger partial charge in [-0.15, -0.1) is 12.4 Å². The Kier molecular flexibility index (Phi) is 3.46. The van der Waals surface area contributed by atoms with Gasteiger partial charge in [0.05, 0.1) is 0 Å². The van der Waals surface area contributed by atoms with Crippen molar-refractivity contribution in [3.8, 4) is 0 Å². The Morgan fingerprint density at radius 3 is 1.25 bits per heavy atom. The van der Waals surface area contributed by atoms with Crippen LogP contribution in [0.5, 0.6) is 0 Å². The average Bonchev–Trinajstić information content (AvgIpc) is 1.32. The van der Waals surface area contributed by atoms with Gasteiger partial charge in [0.15, 0.2) is 0 Å². The van der Waals surface area contributed by atoms with Crippen molar-refractivity contribution < 1.29 is 19.6 Å². The SMILES string of the molecule is CCP(O)(O)(O)O.Cl. The second kappa shape index (κ2) is 2.43. The fraction of sp³-hybridized carbons (Fsp3) is 1.00. The first-order chi connectivity index (χ1) is 2.81. The van der Waals surface area contributed by atoms with Gasteiger partial charge < -0.3 is 0 Å². The Morgan fingerprint density at radius 1 is 1.12 bits per heavy atom. The molecule has 0 unspecified atom stereocenters. The second-order valence-corrected chi connectivity index (χ2v) is 4.26. The summed E-state index contributed by atoms with van der Waals surface area (Å²) in [6.07, 6.45) is -0.411. The first-order valence-electron chi connectivity index (χ1n) is 1.82. The molecule has 0 aromatic rings. The standard InChI is InChI=1S/C2H9O4P.ClH/c1-2-7(3,4,5)6;/h3-6H,2H2,1H3;1H. The molecule has 0 spiro atoms. The maximum absolute atomic E-state index is 8.09. The Bertz CT molecular complexity index is 66.6. The molecule has 0 bridgehead atoms. The smallest absolute Gasteiger partial charge is 0.147 e. The van der Waals surface area contributed by atoms with Crippen molar-refractivity contribution in [2.75, 3.05) is 6.16 Å². The molecular weight excluding hydrogens is 154 g/mol. The van der Waals surface area contributed by atoms with E-state index in [4.69, 9.17) is 19.6 Å². The van der Waals surface area contributed by atoms with Crippen LogP contribution in [0.25, 0.3) is 0 Å². The van der Waals surface area contributed by atoms with E-state index in [1.54, 1.807) is 0 Å². The van der Waals surface area contributed by atoms with Crippen LogP contribution >= 0.6 is 19.9 Å². The molecule has 0 radical (unpaired) electrons. The third-order valence-electron chi connectivity index (χ3n) is 0.566. The maximum atomic E-state index is 8.09. The average molecular weight is 165 g/mol. The molecule has 0 aromatic carbocycles. The van der Waals surface area contributed by atoms with Crippen LogP contribution in [0.2, 0.25) is 0 Å². The minimum atomic E-state index is -5.08. The van der Waals surface area contributed by atoms with Gasteiger partial charge in [-0.2, -0.15) is 0 Å². The van der Waals surface area contributed by atoms with E-state index in [2.05, 4.69) is 0 Å². The maximum Gasteiger partial charge on any atom is -0.147 e. The van der Waals surface area contributed by atoms with Gasteiger partial charge in [0, 0.05) is 0 Å². The largest absolute Gasteiger partial charge is 0.147 e. The Hall–Kier alpha value is 0.560. The van der Waals surface area contributed by atoms with Crippen molar-refractivity contribution in [3.05, 3.63) is 0 Å². The van der Waals surface area contributed by atoms with Crippen LogP contribution in [-0.2, 0) is 0 Å². The van der Waals surface area contributed by atoms with E-state index < -0.39 is 13.7 Å². The van der Waals surface area contributed by atoms with Crippen LogP contribution in [0.1, 0.15) is 6.92 Å². The first kappa shape index (κ1) is 11.4. The third-order valence-corrected chi connectivity index (χ3v) is 1.70. The monoisotopic (exact) mass is 164 g/mol. The van der Waals surface area contributed by atoms with Gasteiger partial charge in [-0.1, -0.05) is 0 Å². The molecule has 0 aliphatic rings. The summed E-state index contributed by atoms with van der Waals surface area (Å²) in [6.45, 7) is 1.28. The molecule has 4 nitrogen and oxygen atoms in total. The molecule has 6 heteroatoms. The van der Waals surface area contributed by atoms with Crippen LogP contribution in [-0.4, -0.2) is 25.7 Å². The molecule has 8 heavy (non-hydrogen) atoms. The summed E-state index contributed by atoms with van der Waals surface area (Å²) < 4.78 is 0. The van der Waals surface area contributed by atoms with Gasteiger partial charge in [-0.25, -0.2) is 0 Å². The first-order valence-corrected chi connectivity index (χ1v) is 4.06. The fourth-order valence-electron chi connectivity index (χ4n) is 0. The number of halogens is 1. The molecule has 0 rings (SSSR count). The predicted octanol–water partition coefficient (Wildman–Crippen LogP) is -0.389. The Balaban J connectivity index is 0. The van der Waals surface area contributed by atoms with Crippen molar-refractivity contribution in [3.63, 3.8) is 0 Å². The molecule has 0 fully saturated rings. The van der Waals surface area contributed by atoms with Crippen molar-refractivity contribution in [1.29, 1.82) is 0 Å². The summed E-state index contributed by atoms with van der Waals surface area (Å²) in [7, 11) is -5.08. The van der Waals surface area contributed by atoms with Crippen LogP contribution in [0, 0.1) is 0 Å². The predicted molar refractivity (Wildman–Crippen MR) is 33.6 cm³/mol. The van der Waals surface area contributed by atoms with Gasteiger partial charge in [-0.05, 0) is 0 Å². The van der Waals surface area contributed by atoms with E-state index in [-0.39, 0.29) is 12.4 Å². The third kappa shape index (κ3) is 9.75. The molecule has 54 valence electrons. The Labute approximate surface area is 53.5 Å². The van der Waals surface area contributed by atoms with Crippen LogP contribution in [0.15, 0.2) is 0 Å². The van der Waals surface area contributed by atoms with Crippen LogP contribution < -0.4 is 0 Å². The van der Waals surface area contributed by atoms with Crippen molar-refractivity contribution in [2.45, 2.75) is 6.92 Å². The van der Waals surface area contributed by atoms with Crippen molar-refractivity contribution >= 4 is 19.9 Å². The van der Waals surface area contributed by atoms with E-state index in [0.29, 0.717) is 0 Å². The van der Waals surface area contributed by atoms with E-state index in [9.17, 15) is 0 Å². The number of rotatable bonds is 1. The van der Waals surface area contributed by atoms with Gasteiger partial charge in [0.2, 0.25) is 0 Å². The summed E-state index contributed by atoms with van der Waals surface area (Å²) in [5.41, 5.74) is 0. The van der Waals surface area contributed by atoms with Gasteiger partial charge in [0.25, 0.3) is 0 Å². The minimum Gasteiger partial charge on any atom is -0.147 e. The van der Waals surface area contributed by atoms with E-state index >= 15 is 0 Å². The minimum absolute atomic E-state index is 0. The normalized spacial score (nSPS) is 15.9. The zero-order valence-electron chi connectivity index (χ0n) is 4.35. The van der Waals surface area contributed by atoms with Gasteiger partial charge >= 0.3 is 40.2 Å². The summed E-state index contributed by atoms with van der Waals surface area (Å²) in [6, 6.07) is 0. The Morgan fingerprint density at radius 2 is 1.25 bits per heavy atom. The van der Waals surface area contributed by atoms with E-state index in [1.165, 1.54) is 6.92 Å². The van der Waals surface area contributed by atoms with Crippen LogP contribution in [0.3, 0.4) is 0 Å². The summed E-state index contributed by atoms with van der Waals surface area (Å²) >= 11 is 0.